The molecule has 42 heavy (non-hydrogen) atoms. The minimum absolute atomic E-state index is 0.00114. The molecule has 0 saturated heterocycles. The lowest BCUT2D eigenvalue weighted by Crippen LogP contribution is -2.32. The van der Waals surface area contributed by atoms with Crippen LogP contribution in [-0.4, -0.2) is 37.2 Å². The Morgan fingerprint density at radius 2 is 1.48 bits per heavy atom. The van der Waals surface area contributed by atoms with E-state index >= 15 is 0 Å². The maximum atomic E-state index is 13.1. The number of hydrazone groups is 1. The number of benzene rings is 4. The molecule has 0 aliphatic rings. The fraction of sp³-hybridized carbons (Fsp3) is 0.121. The molecule has 0 unspecified atom stereocenters. The fourth-order valence-electron chi connectivity index (χ4n) is 3.81. The summed E-state index contributed by atoms with van der Waals surface area (Å²) in [5.41, 5.74) is 8.34. The number of phenolic OH excluding ortho intramolecular Hbond substituents is 1. The number of rotatable bonds is 9. The second kappa shape index (κ2) is 13.7. The van der Waals surface area contributed by atoms with Crippen molar-refractivity contribution in [3.63, 3.8) is 0 Å². The molecule has 9 heteroatoms. The summed E-state index contributed by atoms with van der Waals surface area (Å²) in [6, 6.07) is 26.6. The zero-order chi connectivity index (χ0) is 30.1. The van der Waals surface area contributed by atoms with Crippen molar-refractivity contribution in [2.24, 2.45) is 15.3 Å². The Kier molecular flexibility index (Phi) is 9.57. The largest absolute Gasteiger partial charge is 0.507 e. The Morgan fingerprint density at radius 3 is 2.14 bits per heavy atom. The summed E-state index contributed by atoms with van der Waals surface area (Å²) < 4.78 is 0. The molecule has 0 aliphatic carbocycles. The maximum Gasteiger partial charge on any atom is 0.287 e. The van der Waals surface area contributed by atoms with E-state index in [9.17, 15) is 14.7 Å². The molecule has 0 spiro atoms. The van der Waals surface area contributed by atoms with Crippen molar-refractivity contribution in [3.8, 4) is 5.75 Å². The van der Waals surface area contributed by atoms with Gasteiger partial charge in [0.1, 0.15) is 11.4 Å². The minimum atomic E-state index is -0.641. The number of nitrogens with zero attached hydrogens (tertiary/aromatic N) is 4. The van der Waals surface area contributed by atoms with E-state index in [0.717, 1.165) is 11.3 Å². The Morgan fingerprint density at radius 1 is 0.810 bits per heavy atom. The first-order chi connectivity index (χ1) is 20.2. The standard InChI is InChI=1S/C33H32N6O3/c1-22-10-13-27(18-23(22)2)36-37-28-14-17-31(40)26(20-28)21-34-38-33(42)30(35-32(41)25-8-6-5-7-9-25)19-24-11-15-29(16-12-24)39(3)4/h5-21,40H,1-4H3,(H,35,41)(H,38,42)/b30-19-,34-21-,37-36?. The van der Waals surface area contributed by atoms with Crippen molar-refractivity contribution in [2.45, 2.75) is 13.8 Å². The zero-order valence-corrected chi connectivity index (χ0v) is 23.9. The number of aromatic hydroxyl groups is 1. The predicted octanol–water partition coefficient (Wildman–Crippen LogP) is 6.41. The first-order valence-electron chi connectivity index (χ1n) is 13.2. The van der Waals surface area contributed by atoms with E-state index < -0.39 is 11.8 Å². The molecule has 0 atom stereocenters. The van der Waals surface area contributed by atoms with Gasteiger partial charge in [-0.2, -0.15) is 15.3 Å². The van der Waals surface area contributed by atoms with E-state index in [-0.39, 0.29) is 11.4 Å². The third-order valence-electron chi connectivity index (χ3n) is 6.40. The van der Waals surface area contributed by atoms with E-state index in [2.05, 4.69) is 26.1 Å². The monoisotopic (exact) mass is 560 g/mol. The number of hydrogen-bond donors (Lipinski definition) is 3. The first-order valence-corrected chi connectivity index (χ1v) is 13.2. The van der Waals surface area contributed by atoms with E-state index in [1.807, 2.05) is 75.3 Å². The number of phenols is 1. The number of hydrogen-bond acceptors (Lipinski definition) is 7. The van der Waals surface area contributed by atoms with Gasteiger partial charge in [-0.25, -0.2) is 5.43 Å². The lowest BCUT2D eigenvalue weighted by Gasteiger charge is -2.12. The van der Waals surface area contributed by atoms with Crippen molar-refractivity contribution < 1.29 is 14.7 Å². The molecular weight excluding hydrogens is 528 g/mol. The molecule has 9 nitrogen and oxygen atoms in total. The molecule has 4 aromatic carbocycles. The quantitative estimate of drug-likeness (QED) is 0.0948. The highest BCUT2D eigenvalue weighted by molar-refractivity contribution is 6.05. The summed E-state index contributed by atoms with van der Waals surface area (Å²) in [6.07, 6.45) is 2.86. The van der Waals surface area contributed by atoms with Gasteiger partial charge in [0.25, 0.3) is 11.8 Å². The lowest BCUT2D eigenvalue weighted by atomic mass is 10.1. The van der Waals surface area contributed by atoms with Crippen LogP contribution < -0.4 is 15.6 Å². The van der Waals surface area contributed by atoms with Crippen LogP contribution in [0.2, 0.25) is 0 Å². The molecular formula is C33H32N6O3. The molecule has 0 radical (unpaired) electrons. The summed E-state index contributed by atoms with van der Waals surface area (Å²) >= 11 is 0. The summed E-state index contributed by atoms with van der Waals surface area (Å²) in [5.74, 6) is -1.13. The van der Waals surface area contributed by atoms with Gasteiger partial charge in [-0.05, 0) is 91.2 Å². The summed E-state index contributed by atoms with van der Waals surface area (Å²) in [7, 11) is 3.87. The average molecular weight is 561 g/mol. The van der Waals surface area contributed by atoms with Crippen molar-refractivity contribution in [3.05, 3.63) is 125 Å². The van der Waals surface area contributed by atoms with Crippen LogP contribution in [0.4, 0.5) is 17.1 Å². The van der Waals surface area contributed by atoms with Gasteiger partial charge in [0.2, 0.25) is 0 Å². The topological polar surface area (TPSA) is 119 Å². The Bertz CT molecular complexity index is 1660. The molecule has 4 rings (SSSR count). The van der Waals surface area contributed by atoms with Crippen LogP contribution in [-0.2, 0) is 4.79 Å². The number of nitrogens with one attached hydrogen (secondary N) is 2. The summed E-state index contributed by atoms with van der Waals surface area (Å²) in [5, 5.41) is 25.5. The number of aryl methyl sites for hydroxylation is 2. The molecule has 0 heterocycles. The highest BCUT2D eigenvalue weighted by atomic mass is 16.3. The first kappa shape index (κ1) is 29.4. The predicted molar refractivity (Wildman–Crippen MR) is 167 cm³/mol. The fourth-order valence-corrected chi connectivity index (χ4v) is 3.81. The smallest absolute Gasteiger partial charge is 0.287 e. The molecule has 212 valence electrons. The molecule has 0 aliphatic heterocycles. The molecule has 0 fully saturated rings. The van der Waals surface area contributed by atoms with Crippen LogP contribution >= 0.6 is 0 Å². The van der Waals surface area contributed by atoms with Gasteiger partial charge in [0.15, 0.2) is 0 Å². The number of amides is 2. The normalized spacial score (nSPS) is 11.6. The van der Waals surface area contributed by atoms with Crippen LogP contribution in [0.15, 0.2) is 112 Å². The Hall–Kier alpha value is -5.57. The second-order valence-electron chi connectivity index (χ2n) is 9.77. The number of carbonyl (C=O) groups is 2. The van der Waals surface area contributed by atoms with Gasteiger partial charge in [0.05, 0.1) is 17.6 Å². The molecule has 3 N–H and O–H groups in total. The molecule has 0 aromatic heterocycles. The van der Waals surface area contributed by atoms with Crippen LogP contribution in [0.25, 0.3) is 6.08 Å². The zero-order valence-electron chi connectivity index (χ0n) is 23.9. The maximum absolute atomic E-state index is 13.1. The average Bonchev–Trinajstić information content (AvgIpc) is 2.99. The molecule has 0 saturated carbocycles. The number of carbonyl (C=O) groups excluding carboxylic acids is 2. The van der Waals surface area contributed by atoms with E-state index in [1.54, 1.807) is 48.5 Å². The SMILES string of the molecule is Cc1ccc(N=Nc2ccc(O)c(/C=N\NC(=O)/C(=C/c3ccc(N(C)C)cc3)NC(=O)c3ccccc3)c2)cc1C. The lowest BCUT2D eigenvalue weighted by molar-refractivity contribution is -0.117. The second-order valence-corrected chi connectivity index (χ2v) is 9.77. The summed E-state index contributed by atoms with van der Waals surface area (Å²) in [4.78, 5) is 27.9. The van der Waals surface area contributed by atoms with Gasteiger partial charge in [0, 0.05) is 30.9 Å². The van der Waals surface area contributed by atoms with E-state index in [0.29, 0.717) is 28.1 Å². The Labute approximate surface area is 244 Å². The van der Waals surface area contributed by atoms with Crippen LogP contribution in [0.3, 0.4) is 0 Å². The van der Waals surface area contributed by atoms with Gasteiger partial charge < -0.3 is 15.3 Å². The van der Waals surface area contributed by atoms with Crippen molar-refractivity contribution in [1.29, 1.82) is 0 Å². The number of azo groups is 1. The van der Waals surface area contributed by atoms with Crippen molar-refractivity contribution in [1.82, 2.24) is 10.7 Å². The van der Waals surface area contributed by atoms with Crippen LogP contribution in [0.5, 0.6) is 5.75 Å². The highest BCUT2D eigenvalue weighted by Crippen LogP contribution is 2.25. The third-order valence-corrected chi connectivity index (χ3v) is 6.40. The molecule has 0 bridgehead atoms. The number of anilines is 1. The molecule has 4 aromatic rings. The van der Waals surface area contributed by atoms with Crippen LogP contribution in [0, 0.1) is 13.8 Å². The van der Waals surface area contributed by atoms with Crippen LogP contribution in [0.1, 0.15) is 32.6 Å². The highest BCUT2D eigenvalue weighted by Gasteiger charge is 2.14. The Balaban J connectivity index is 1.52. The summed E-state index contributed by atoms with van der Waals surface area (Å²) in [6.45, 7) is 4.03. The van der Waals surface area contributed by atoms with E-state index in [1.165, 1.54) is 17.8 Å². The van der Waals surface area contributed by atoms with Crippen molar-refractivity contribution in [2.75, 3.05) is 19.0 Å². The van der Waals surface area contributed by atoms with Gasteiger partial charge in [-0.15, -0.1) is 0 Å². The van der Waals surface area contributed by atoms with Gasteiger partial charge >= 0.3 is 0 Å². The third kappa shape index (κ3) is 7.98. The van der Waals surface area contributed by atoms with E-state index in [4.69, 9.17) is 0 Å². The minimum Gasteiger partial charge on any atom is -0.507 e. The van der Waals surface area contributed by atoms with Gasteiger partial charge in [-0.3, -0.25) is 9.59 Å². The van der Waals surface area contributed by atoms with Gasteiger partial charge in [-0.1, -0.05) is 36.4 Å². The van der Waals surface area contributed by atoms with Crippen molar-refractivity contribution >= 4 is 41.2 Å². The molecule has 2 amide bonds.